The van der Waals surface area contributed by atoms with Crippen molar-refractivity contribution >= 4 is 0 Å². The van der Waals surface area contributed by atoms with E-state index >= 15 is 0 Å². The van der Waals surface area contributed by atoms with Crippen LogP contribution in [0.2, 0.25) is 0 Å². The van der Waals surface area contributed by atoms with E-state index < -0.39 is 0 Å². The topological polar surface area (TPSA) is 26.0 Å². The normalized spacial score (nSPS) is 3.25. The molecule has 8 heavy (non-hydrogen) atoms. The van der Waals surface area contributed by atoms with E-state index in [-0.39, 0.29) is 0 Å². The first-order valence-electron chi connectivity index (χ1n) is 2.53. The highest BCUT2D eigenvalue weighted by Crippen LogP contribution is 1.21. The number of rotatable bonds is 0. The Bertz CT molecular complexity index is 49.9. The zero-order valence-corrected chi connectivity index (χ0v) is 5.94. The molecule has 0 aromatic carbocycles. The smallest absolute Gasteiger partial charge is 0.00297 e. The van der Waals surface area contributed by atoms with Crippen LogP contribution in [-0.4, -0.2) is 0 Å². The van der Waals surface area contributed by atoms with Crippen molar-refractivity contribution in [3.63, 3.8) is 0 Å². The molecule has 0 saturated carbocycles. The van der Waals surface area contributed by atoms with Crippen LogP contribution in [-0.2, 0) is 0 Å². The summed E-state index contributed by atoms with van der Waals surface area (Å²) >= 11 is 0. The summed E-state index contributed by atoms with van der Waals surface area (Å²) in [4.78, 5) is 0. The maximum absolute atomic E-state index is 4.61. The number of terminal acetylenes is 1. The maximum atomic E-state index is 4.61. The van der Waals surface area contributed by atoms with E-state index in [4.69, 9.17) is 0 Å². The van der Waals surface area contributed by atoms with Crippen molar-refractivity contribution in [2.24, 2.45) is 5.73 Å². The second-order valence-electron chi connectivity index (χ2n) is 0.524. The molecule has 1 nitrogen and oxygen atoms in total. The average molecular weight is 113 g/mol. The van der Waals surface area contributed by atoms with Crippen LogP contribution in [0, 0.1) is 12.3 Å². The molecule has 0 atom stereocenters. The van der Waals surface area contributed by atoms with Gasteiger partial charge in [0.15, 0.2) is 0 Å². The summed E-state index contributed by atoms with van der Waals surface area (Å²) in [5.74, 6) is 2.25. The van der Waals surface area contributed by atoms with Gasteiger partial charge in [-0.15, -0.1) is 12.3 Å². The number of hydrogen-bond acceptors (Lipinski definition) is 1. The summed E-state index contributed by atoms with van der Waals surface area (Å²) in [6.45, 7) is 8.79. The van der Waals surface area contributed by atoms with Crippen LogP contribution >= 0.6 is 0 Å². The fourth-order valence-electron chi connectivity index (χ4n) is 0. The molecule has 0 spiro atoms. The Morgan fingerprint density at radius 3 is 1.62 bits per heavy atom. The largest absolute Gasteiger partial charge is 0.405 e. The van der Waals surface area contributed by atoms with Gasteiger partial charge in [0, 0.05) is 0 Å². The molecule has 0 amide bonds. The highest BCUT2D eigenvalue weighted by atomic mass is 14.5. The molecule has 0 aromatic rings. The molecule has 2 N–H and O–H groups in total. The van der Waals surface area contributed by atoms with Crippen molar-refractivity contribution in [2.75, 3.05) is 0 Å². The molecule has 0 aliphatic rings. The van der Waals surface area contributed by atoms with Crippen LogP contribution in [0.4, 0.5) is 0 Å². The van der Waals surface area contributed by atoms with Crippen molar-refractivity contribution in [1.82, 2.24) is 0 Å². The second kappa shape index (κ2) is 131. The lowest BCUT2D eigenvalue weighted by molar-refractivity contribution is 1.50. The molecule has 0 bridgehead atoms. The van der Waals surface area contributed by atoms with E-state index in [2.05, 4.69) is 24.7 Å². The van der Waals surface area contributed by atoms with E-state index in [1.54, 1.807) is 6.92 Å². The van der Waals surface area contributed by atoms with Crippen LogP contribution in [0.25, 0.3) is 0 Å². The number of hydrogen-bond donors (Lipinski definition) is 1. The van der Waals surface area contributed by atoms with Gasteiger partial charge in [-0.3, -0.25) is 0 Å². The SMILES string of the molecule is C#CC.C=CN.CC. The van der Waals surface area contributed by atoms with Crippen LogP contribution in [0.3, 0.4) is 0 Å². The highest BCUT2D eigenvalue weighted by molar-refractivity contribution is 4.73. The standard InChI is InChI=1S/C3H4.C2H5N.C2H6/c1-3-2;1-2-3;1-2/h1H,2H3;2H,1,3H2;1-2H3. The van der Waals surface area contributed by atoms with E-state index in [0.717, 1.165) is 0 Å². The zero-order valence-electron chi connectivity index (χ0n) is 5.94. The van der Waals surface area contributed by atoms with Crippen molar-refractivity contribution in [3.8, 4) is 12.3 Å². The van der Waals surface area contributed by atoms with Gasteiger partial charge in [0.2, 0.25) is 0 Å². The molecule has 0 radical (unpaired) electrons. The molecule has 0 aromatic heterocycles. The van der Waals surface area contributed by atoms with Gasteiger partial charge in [-0.1, -0.05) is 20.4 Å². The van der Waals surface area contributed by atoms with Crippen LogP contribution in [0.5, 0.6) is 0 Å². The molecule has 48 valence electrons. The minimum absolute atomic E-state index is 1.25. The van der Waals surface area contributed by atoms with Gasteiger partial charge in [-0.2, -0.15) is 0 Å². The Hall–Kier alpha value is -0.900. The van der Waals surface area contributed by atoms with Crippen LogP contribution in [0.1, 0.15) is 20.8 Å². The Kier molecular flexibility index (Phi) is 258. The van der Waals surface area contributed by atoms with E-state index in [0.29, 0.717) is 0 Å². The molecular formula is C7H15N. The Balaban J connectivity index is -0.0000000483. The summed E-state index contributed by atoms with van der Waals surface area (Å²) in [6, 6.07) is 0. The minimum Gasteiger partial charge on any atom is -0.405 e. The van der Waals surface area contributed by atoms with Gasteiger partial charge in [-0.25, -0.2) is 0 Å². The van der Waals surface area contributed by atoms with Gasteiger partial charge >= 0.3 is 0 Å². The van der Waals surface area contributed by atoms with Gasteiger partial charge in [0.1, 0.15) is 0 Å². The Morgan fingerprint density at radius 1 is 1.62 bits per heavy atom. The van der Waals surface area contributed by atoms with Crippen molar-refractivity contribution in [3.05, 3.63) is 12.8 Å². The molecule has 0 unspecified atom stereocenters. The zero-order chi connectivity index (χ0) is 7.41. The summed E-state index contributed by atoms with van der Waals surface area (Å²) in [5, 5.41) is 0. The second-order valence-corrected chi connectivity index (χ2v) is 0.524. The molecule has 1 heteroatoms. The summed E-state index contributed by atoms with van der Waals surface area (Å²) < 4.78 is 0. The monoisotopic (exact) mass is 113 g/mol. The molecule has 0 fully saturated rings. The van der Waals surface area contributed by atoms with E-state index in [1.807, 2.05) is 13.8 Å². The number of nitrogens with two attached hydrogens (primary N) is 1. The van der Waals surface area contributed by atoms with Gasteiger partial charge < -0.3 is 5.73 Å². The lowest BCUT2D eigenvalue weighted by atomic mass is 10.9. The molecule has 0 heterocycles. The Morgan fingerprint density at radius 2 is 1.62 bits per heavy atom. The average Bonchev–Trinajstić information content (AvgIpc) is 1.75. The third-order valence-electron chi connectivity index (χ3n) is 0. The van der Waals surface area contributed by atoms with Gasteiger partial charge in [-0.05, 0) is 13.1 Å². The van der Waals surface area contributed by atoms with Crippen LogP contribution < -0.4 is 5.73 Å². The lowest BCUT2D eigenvalue weighted by Crippen LogP contribution is -1.67. The Labute approximate surface area is 52.6 Å². The summed E-state index contributed by atoms with van der Waals surface area (Å²) in [7, 11) is 0. The maximum Gasteiger partial charge on any atom is -0.00297 e. The molecule has 0 rings (SSSR count). The van der Waals surface area contributed by atoms with Crippen LogP contribution in [0.15, 0.2) is 12.8 Å². The third kappa shape index (κ3) is 106. The fourth-order valence-corrected chi connectivity index (χ4v) is 0. The van der Waals surface area contributed by atoms with Gasteiger partial charge in [0.05, 0.1) is 0 Å². The minimum atomic E-state index is 1.25. The summed E-state index contributed by atoms with van der Waals surface area (Å²) in [6.07, 6.45) is 5.85. The summed E-state index contributed by atoms with van der Waals surface area (Å²) in [5.41, 5.74) is 4.61. The molecule has 0 aliphatic heterocycles. The van der Waals surface area contributed by atoms with Crippen molar-refractivity contribution in [1.29, 1.82) is 0 Å². The predicted octanol–water partition coefficient (Wildman–Crippen LogP) is 1.75. The van der Waals surface area contributed by atoms with E-state index in [1.165, 1.54) is 6.20 Å². The van der Waals surface area contributed by atoms with Crippen molar-refractivity contribution < 1.29 is 0 Å². The third-order valence-corrected chi connectivity index (χ3v) is 0. The fraction of sp³-hybridized carbons (Fsp3) is 0.429. The van der Waals surface area contributed by atoms with Crippen molar-refractivity contribution in [2.45, 2.75) is 20.8 Å². The highest BCUT2D eigenvalue weighted by Gasteiger charge is 1.09. The van der Waals surface area contributed by atoms with Gasteiger partial charge in [0.25, 0.3) is 0 Å². The molecule has 0 aliphatic carbocycles. The first kappa shape index (κ1) is 15.7. The molecular weight excluding hydrogens is 98.1 g/mol. The first-order chi connectivity index (χ1) is 3.83. The lowest BCUT2D eigenvalue weighted by Gasteiger charge is -1.40. The molecule has 0 saturated heterocycles. The quantitative estimate of drug-likeness (QED) is 0.476. The van der Waals surface area contributed by atoms with E-state index in [9.17, 15) is 0 Å². The predicted molar refractivity (Wildman–Crippen MR) is 40.2 cm³/mol. The first-order valence-corrected chi connectivity index (χ1v) is 2.53.